The van der Waals surface area contributed by atoms with Crippen molar-refractivity contribution < 1.29 is 33.4 Å². The minimum absolute atomic E-state index is 0.144. The monoisotopic (exact) mass is 561 g/mol. The Bertz CT molecular complexity index is 1560. The Hall–Kier alpha value is -4.96. The van der Waals surface area contributed by atoms with Gasteiger partial charge in [0.1, 0.15) is 10.7 Å². The van der Waals surface area contributed by atoms with E-state index in [1.54, 1.807) is 50.2 Å². The van der Waals surface area contributed by atoms with Crippen molar-refractivity contribution in [2.24, 2.45) is 0 Å². The zero-order valence-electron chi connectivity index (χ0n) is 21.7. The predicted molar refractivity (Wildman–Crippen MR) is 148 cm³/mol. The fourth-order valence-electron chi connectivity index (χ4n) is 3.83. The number of hydrogen-bond acceptors (Lipinski definition) is 8. The average Bonchev–Trinajstić information content (AvgIpc) is 3.15. The molecule has 0 aromatic heterocycles. The number of rotatable bonds is 8. The summed E-state index contributed by atoms with van der Waals surface area (Å²) < 4.78 is 9.89. The Labute approximate surface area is 234 Å². The molecule has 4 rings (SSSR count). The lowest BCUT2D eigenvalue weighted by Crippen LogP contribution is -2.32. The molecule has 0 fully saturated rings. The molecule has 0 atom stereocenters. The second kappa shape index (κ2) is 11.8. The van der Waals surface area contributed by atoms with E-state index >= 15 is 0 Å². The number of anilines is 3. The van der Waals surface area contributed by atoms with Gasteiger partial charge in [-0.05, 0) is 68.4 Å². The van der Waals surface area contributed by atoms with Crippen LogP contribution < -0.4 is 15.5 Å². The van der Waals surface area contributed by atoms with E-state index in [-0.39, 0.29) is 39.2 Å². The zero-order valence-corrected chi connectivity index (χ0v) is 22.4. The number of hydrogen-bond donors (Lipinski definition) is 2. The molecule has 3 amide bonds. The molecular weight excluding hydrogens is 538 g/mol. The molecule has 0 aliphatic carbocycles. The van der Waals surface area contributed by atoms with Crippen LogP contribution in [-0.4, -0.2) is 42.9 Å². The molecule has 0 saturated carbocycles. The molecule has 204 valence electrons. The first-order valence-corrected chi connectivity index (χ1v) is 12.4. The van der Waals surface area contributed by atoms with Crippen molar-refractivity contribution in [1.82, 2.24) is 0 Å². The quantitative estimate of drug-likeness (QED) is 0.298. The number of ether oxygens (including phenoxy) is 2. The van der Waals surface area contributed by atoms with E-state index in [0.29, 0.717) is 11.4 Å². The van der Waals surface area contributed by atoms with Crippen molar-refractivity contribution in [2.45, 2.75) is 20.0 Å². The van der Waals surface area contributed by atoms with E-state index in [0.717, 1.165) is 4.90 Å². The summed E-state index contributed by atoms with van der Waals surface area (Å²) in [6.45, 7) is 3.41. The lowest BCUT2D eigenvalue weighted by atomic mass is 10.1. The Balaban J connectivity index is 1.51. The van der Waals surface area contributed by atoms with Crippen LogP contribution in [0.15, 0.2) is 83.5 Å². The van der Waals surface area contributed by atoms with Crippen LogP contribution in [0.25, 0.3) is 0 Å². The highest BCUT2D eigenvalue weighted by Crippen LogP contribution is 2.31. The third-order valence-corrected chi connectivity index (χ3v) is 6.00. The van der Waals surface area contributed by atoms with Crippen molar-refractivity contribution in [3.05, 3.63) is 100 Å². The van der Waals surface area contributed by atoms with Crippen LogP contribution in [0.5, 0.6) is 0 Å². The molecular formula is C29H24ClN3O7. The Morgan fingerprint density at radius 3 is 2.08 bits per heavy atom. The van der Waals surface area contributed by atoms with E-state index in [1.807, 2.05) is 0 Å². The van der Waals surface area contributed by atoms with E-state index in [9.17, 15) is 24.0 Å². The highest BCUT2D eigenvalue weighted by molar-refractivity contribution is 6.53. The Morgan fingerprint density at radius 2 is 1.40 bits per heavy atom. The molecule has 3 aromatic rings. The SMILES string of the molecule is COC(=O)c1cccc(NC(=O)c2cccc(NC3=C(Cl)C(=O)N(c4cccc(C(=O)OC(C)C)c4)C3=O)c2)c1. The summed E-state index contributed by atoms with van der Waals surface area (Å²) in [5.41, 5.74) is 1.32. The van der Waals surface area contributed by atoms with Crippen LogP contribution in [-0.2, 0) is 19.1 Å². The fourth-order valence-corrected chi connectivity index (χ4v) is 4.04. The van der Waals surface area contributed by atoms with Gasteiger partial charge in [0.25, 0.3) is 17.7 Å². The van der Waals surface area contributed by atoms with Gasteiger partial charge in [0.2, 0.25) is 0 Å². The number of benzene rings is 3. The number of amides is 3. The molecule has 0 bridgehead atoms. The van der Waals surface area contributed by atoms with Gasteiger partial charge in [0.05, 0.1) is 30.0 Å². The summed E-state index contributed by atoms with van der Waals surface area (Å²) in [5, 5.41) is 5.17. The van der Waals surface area contributed by atoms with Gasteiger partial charge in [0.15, 0.2) is 0 Å². The normalized spacial score (nSPS) is 13.0. The number of imide groups is 1. The largest absolute Gasteiger partial charge is 0.465 e. The fraction of sp³-hybridized carbons (Fsp3) is 0.138. The van der Waals surface area contributed by atoms with E-state index < -0.39 is 29.7 Å². The van der Waals surface area contributed by atoms with Crippen molar-refractivity contribution >= 4 is 58.3 Å². The van der Waals surface area contributed by atoms with Gasteiger partial charge in [-0.2, -0.15) is 0 Å². The molecule has 0 unspecified atom stereocenters. The summed E-state index contributed by atoms with van der Waals surface area (Å²) in [4.78, 5) is 63.9. The van der Waals surface area contributed by atoms with Gasteiger partial charge >= 0.3 is 11.9 Å². The summed E-state index contributed by atoms with van der Waals surface area (Å²) in [6, 6.07) is 18.3. The molecule has 0 saturated heterocycles. The van der Waals surface area contributed by atoms with Crippen LogP contribution >= 0.6 is 11.6 Å². The van der Waals surface area contributed by atoms with Gasteiger partial charge in [-0.25, -0.2) is 14.5 Å². The first kappa shape index (κ1) is 28.1. The number of nitrogens with one attached hydrogen (secondary N) is 2. The first-order valence-electron chi connectivity index (χ1n) is 12.1. The first-order chi connectivity index (χ1) is 19.1. The molecule has 0 radical (unpaired) electrons. The van der Waals surface area contributed by atoms with Crippen molar-refractivity contribution in [3.8, 4) is 0 Å². The lowest BCUT2D eigenvalue weighted by Gasteiger charge is -2.16. The summed E-state index contributed by atoms with van der Waals surface area (Å²) in [7, 11) is 1.26. The van der Waals surface area contributed by atoms with Gasteiger partial charge in [-0.1, -0.05) is 29.8 Å². The maximum Gasteiger partial charge on any atom is 0.338 e. The lowest BCUT2D eigenvalue weighted by molar-refractivity contribution is -0.120. The van der Waals surface area contributed by atoms with Crippen molar-refractivity contribution in [2.75, 3.05) is 22.6 Å². The summed E-state index contributed by atoms with van der Waals surface area (Å²) in [6.07, 6.45) is -0.346. The van der Waals surface area contributed by atoms with Crippen LogP contribution in [0.2, 0.25) is 0 Å². The second-order valence-electron chi connectivity index (χ2n) is 8.87. The van der Waals surface area contributed by atoms with Gasteiger partial charge in [-0.15, -0.1) is 0 Å². The van der Waals surface area contributed by atoms with Gasteiger partial charge in [-0.3, -0.25) is 14.4 Å². The number of carbonyl (C=O) groups is 5. The second-order valence-corrected chi connectivity index (χ2v) is 9.25. The predicted octanol–water partition coefficient (Wildman–Crippen LogP) is 4.73. The number of nitrogens with zero attached hydrogens (tertiary/aromatic N) is 1. The maximum atomic E-state index is 13.2. The van der Waals surface area contributed by atoms with Crippen LogP contribution in [0.1, 0.15) is 44.9 Å². The average molecular weight is 562 g/mol. The minimum atomic E-state index is -0.775. The summed E-state index contributed by atoms with van der Waals surface area (Å²) >= 11 is 6.25. The van der Waals surface area contributed by atoms with Gasteiger partial charge < -0.3 is 20.1 Å². The van der Waals surface area contributed by atoms with E-state index in [1.165, 1.54) is 43.5 Å². The van der Waals surface area contributed by atoms with E-state index in [2.05, 4.69) is 10.6 Å². The number of halogens is 1. The highest BCUT2D eigenvalue weighted by Gasteiger charge is 2.39. The van der Waals surface area contributed by atoms with Crippen LogP contribution in [0, 0.1) is 0 Å². The standard InChI is InChI=1S/C29H24ClN3O7/c1-16(2)40-29(38)19-9-6-12-22(15-19)33-26(35)23(30)24(27(33)36)31-20-10-4-7-17(13-20)25(34)32-21-11-5-8-18(14-21)28(37)39-3/h4-16,31H,1-3H3,(H,32,34). The topological polar surface area (TPSA) is 131 Å². The smallest absolute Gasteiger partial charge is 0.338 e. The number of esters is 2. The molecule has 11 heteroatoms. The molecule has 1 aliphatic heterocycles. The van der Waals surface area contributed by atoms with Crippen molar-refractivity contribution in [3.63, 3.8) is 0 Å². The Kier molecular flexibility index (Phi) is 8.30. The third-order valence-electron chi connectivity index (χ3n) is 5.65. The molecule has 0 spiro atoms. The third kappa shape index (κ3) is 6.02. The molecule has 1 aliphatic rings. The molecule has 40 heavy (non-hydrogen) atoms. The highest BCUT2D eigenvalue weighted by atomic mass is 35.5. The summed E-state index contributed by atoms with van der Waals surface area (Å²) in [5.74, 6) is -3.13. The molecule has 1 heterocycles. The zero-order chi connectivity index (χ0) is 29.0. The number of methoxy groups -OCH3 is 1. The van der Waals surface area contributed by atoms with Crippen LogP contribution in [0.3, 0.4) is 0 Å². The minimum Gasteiger partial charge on any atom is -0.465 e. The van der Waals surface area contributed by atoms with E-state index in [4.69, 9.17) is 21.1 Å². The van der Waals surface area contributed by atoms with Crippen LogP contribution in [0.4, 0.5) is 17.1 Å². The molecule has 2 N–H and O–H groups in total. The maximum absolute atomic E-state index is 13.2. The Morgan fingerprint density at radius 1 is 0.800 bits per heavy atom. The van der Waals surface area contributed by atoms with Crippen molar-refractivity contribution in [1.29, 1.82) is 0 Å². The van der Waals surface area contributed by atoms with Gasteiger partial charge in [0, 0.05) is 16.9 Å². The molecule has 3 aromatic carbocycles. The molecule has 10 nitrogen and oxygen atoms in total. The number of carbonyl (C=O) groups excluding carboxylic acids is 5.